The molecule has 1 aromatic rings. The van der Waals surface area contributed by atoms with Crippen LogP contribution in [0.15, 0.2) is 18.2 Å². The molecule has 3 nitrogen and oxygen atoms in total. The van der Waals surface area contributed by atoms with Crippen molar-refractivity contribution in [1.82, 2.24) is 0 Å². The third-order valence-corrected chi connectivity index (χ3v) is 3.71. The Morgan fingerprint density at radius 1 is 1.29 bits per heavy atom. The minimum Gasteiger partial charge on any atom is -0.493 e. The molecule has 0 aromatic heterocycles. The van der Waals surface area contributed by atoms with Crippen molar-refractivity contribution < 1.29 is 4.74 Å². The quantitative estimate of drug-likeness (QED) is 0.836. The minimum absolute atomic E-state index is 0.749. The molecule has 0 radical (unpaired) electrons. The summed E-state index contributed by atoms with van der Waals surface area (Å²) in [4.78, 5) is 2.38. The summed E-state index contributed by atoms with van der Waals surface area (Å²) in [6, 6.07) is 6.04. The Hall–Kier alpha value is -1.03. The van der Waals surface area contributed by atoms with E-state index in [0.29, 0.717) is 0 Å². The van der Waals surface area contributed by atoms with E-state index in [2.05, 4.69) is 17.9 Å². The number of rotatable bonds is 4. The number of ether oxygens (including phenoxy) is 1. The number of thioether (sulfide) groups is 1. The Bertz CT molecular complexity index is 364. The van der Waals surface area contributed by atoms with E-state index in [4.69, 9.17) is 10.5 Å². The lowest BCUT2D eigenvalue weighted by molar-refractivity contribution is 0.317. The molecule has 1 saturated heterocycles. The van der Waals surface area contributed by atoms with E-state index in [-0.39, 0.29) is 0 Å². The molecule has 0 amide bonds. The molecule has 1 aromatic carbocycles. The minimum atomic E-state index is 0.749. The van der Waals surface area contributed by atoms with Crippen molar-refractivity contribution >= 4 is 23.1 Å². The van der Waals surface area contributed by atoms with Crippen molar-refractivity contribution in [2.75, 3.05) is 41.8 Å². The summed E-state index contributed by atoms with van der Waals surface area (Å²) < 4.78 is 5.66. The lowest BCUT2D eigenvalue weighted by atomic mass is 10.2. The fraction of sp³-hybridized carbons (Fsp3) is 0.538. The Morgan fingerprint density at radius 2 is 2.06 bits per heavy atom. The largest absolute Gasteiger partial charge is 0.493 e. The number of nitrogens with zero attached hydrogens (tertiary/aromatic N) is 1. The summed E-state index contributed by atoms with van der Waals surface area (Å²) in [5.74, 6) is 3.28. The first kappa shape index (κ1) is 12.4. The van der Waals surface area contributed by atoms with E-state index >= 15 is 0 Å². The van der Waals surface area contributed by atoms with Gasteiger partial charge in [0.1, 0.15) is 5.75 Å². The predicted octanol–water partition coefficient (Wildman–Crippen LogP) is 2.61. The second-order valence-corrected chi connectivity index (χ2v) is 5.43. The second-order valence-electron chi connectivity index (χ2n) is 4.21. The second kappa shape index (κ2) is 6.05. The van der Waals surface area contributed by atoms with Gasteiger partial charge in [-0.1, -0.05) is 6.92 Å². The smallest absolute Gasteiger partial charge is 0.123 e. The van der Waals surface area contributed by atoms with Crippen LogP contribution in [0.25, 0.3) is 0 Å². The molecule has 94 valence electrons. The molecule has 1 fully saturated rings. The lowest BCUT2D eigenvalue weighted by Gasteiger charge is -2.29. The normalized spacial score (nSPS) is 15.9. The first-order valence-electron chi connectivity index (χ1n) is 6.15. The van der Waals surface area contributed by atoms with Gasteiger partial charge >= 0.3 is 0 Å². The molecule has 1 heterocycles. The molecule has 0 atom stereocenters. The molecule has 0 bridgehead atoms. The zero-order chi connectivity index (χ0) is 12.1. The summed E-state index contributed by atoms with van der Waals surface area (Å²) in [6.45, 7) is 5.05. The third kappa shape index (κ3) is 3.46. The van der Waals surface area contributed by atoms with Crippen LogP contribution in [-0.4, -0.2) is 31.2 Å². The van der Waals surface area contributed by atoms with Crippen LogP contribution < -0.4 is 15.4 Å². The molecule has 4 heteroatoms. The van der Waals surface area contributed by atoms with Gasteiger partial charge in [0.2, 0.25) is 0 Å². The van der Waals surface area contributed by atoms with Gasteiger partial charge in [0.05, 0.1) is 6.61 Å². The molecule has 0 unspecified atom stereocenters. The molecule has 1 aliphatic rings. The Morgan fingerprint density at radius 3 is 2.76 bits per heavy atom. The Labute approximate surface area is 107 Å². The van der Waals surface area contributed by atoms with Gasteiger partial charge in [-0.15, -0.1) is 0 Å². The van der Waals surface area contributed by atoms with Crippen molar-refractivity contribution in [3.05, 3.63) is 18.2 Å². The van der Waals surface area contributed by atoms with Crippen molar-refractivity contribution in [2.45, 2.75) is 13.3 Å². The van der Waals surface area contributed by atoms with E-state index < -0.39 is 0 Å². The highest BCUT2D eigenvalue weighted by atomic mass is 32.2. The molecule has 2 rings (SSSR count). The van der Waals surface area contributed by atoms with Gasteiger partial charge in [-0.25, -0.2) is 0 Å². The molecule has 1 aliphatic heterocycles. The molecular weight excluding hydrogens is 232 g/mol. The number of nitrogen functional groups attached to an aromatic ring is 1. The summed E-state index contributed by atoms with van der Waals surface area (Å²) in [7, 11) is 0. The highest BCUT2D eigenvalue weighted by Gasteiger charge is 2.12. The van der Waals surface area contributed by atoms with Gasteiger partial charge < -0.3 is 15.4 Å². The maximum atomic E-state index is 5.93. The summed E-state index contributed by atoms with van der Waals surface area (Å²) in [6.07, 6.45) is 1.02. The molecule has 0 saturated carbocycles. The third-order valence-electron chi connectivity index (χ3n) is 2.76. The number of anilines is 2. The molecule has 17 heavy (non-hydrogen) atoms. The van der Waals surface area contributed by atoms with Crippen molar-refractivity contribution in [1.29, 1.82) is 0 Å². The van der Waals surface area contributed by atoms with E-state index in [1.807, 2.05) is 23.9 Å². The van der Waals surface area contributed by atoms with Crippen molar-refractivity contribution in [2.24, 2.45) is 0 Å². The van der Waals surface area contributed by atoms with Crippen LogP contribution >= 0.6 is 11.8 Å². The highest BCUT2D eigenvalue weighted by molar-refractivity contribution is 7.99. The van der Waals surface area contributed by atoms with E-state index in [0.717, 1.165) is 37.6 Å². The average Bonchev–Trinajstić information content (AvgIpc) is 2.37. The van der Waals surface area contributed by atoms with Crippen molar-refractivity contribution in [3.63, 3.8) is 0 Å². The SMILES string of the molecule is CCCOc1cc(N)cc(N2CCSCC2)c1. The van der Waals surface area contributed by atoms with Crippen LogP contribution in [0.2, 0.25) is 0 Å². The van der Waals surface area contributed by atoms with Gasteiger partial charge in [0, 0.05) is 48.1 Å². The topological polar surface area (TPSA) is 38.5 Å². The van der Waals surface area contributed by atoms with Crippen LogP contribution in [0.4, 0.5) is 11.4 Å². The number of hydrogen-bond acceptors (Lipinski definition) is 4. The van der Waals surface area contributed by atoms with Crippen LogP contribution in [0.3, 0.4) is 0 Å². The maximum absolute atomic E-state index is 5.93. The lowest BCUT2D eigenvalue weighted by Crippen LogP contribution is -2.32. The fourth-order valence-corrected chi connectivity index (χ4v) is 2.82. The van der Waals surface area contributed by atoms with Crippen LogP contribution in [0.5, 0.6) is 5.75 Å². The highest BCUT2D eigenvalue weighted by Crippen LogP contribution is 2.27. The Kier molecular flexibility index (Phi) is 4.42. The molecule has 2 N–H and O–H groups in total. The molecule has 0 spiro atoms. The standard InChI is InChI=1S/C13H20N2OS/c1-2-5-16-13-9-11(14)8-12(10-13)15-3-6-17-7-4-15/h8-10H,2-7,14H2,1H3. The van der Waals surface area contributed by atoms with Gasteiger partial charge in [-0.05, 0) is 12.5 Å². The number of hydrogen-bond donors (Lipinski definition) is 1. The summed E-state index contributed by atoms with van der Waals surface area (Å²) >= 11 is 2.01. The zero-order valence-electron chi connectivity index (χ0n) is 10.3. The first-order valence-corrected chi connectivity index (χ1v) is 7.31. The zero-order valence-corrected chi connectivity index (χ0v) is 11.1. The maximum Gasteiger partial charge on any atom is 0.123 e. The molecule has 0 aliphatic carbocycles. The van der Waals surface area contributed by atoms with Crippen LogP contribution in [0, 0.1) is 0 Å². The molecular formula is C13H20N2OS. The van der Waals surface area contributed by atoms with Crippen molar-refractivity contribution in [3.8, 4) is 5.75 Å². The number of benzene rings is 1. The van der Waals surface area contributed by atoms with Gasteiger partial charge in [-0.2, -0.15) is 11.8 Å². The summed E-state index contributed by atoms with van der Waals surface area (Å²) in [5.41, 5.74) is 7.90. The van der Waals surface area contributed by atoms with Gasteiger partial charge in [0.25, 0.3) is 0 Å². The fourth-order valence-electron chi connectivity index (χ4n) is 1.91. The van der Waals surface area contributed by atoms with E-state index in [9.17, 15) is 0 Å². The van der Waals surface area contributed by atoms with Crippen LogP contribution in [-0.2, 0) is 0 Å². The van der Waals surface area contributed by atoms with E-state index in [1.165, 1.54) is 17.2 Å². The Balaban J connectivity index is 2.12. The van der Waals surface area contributed by atoms with Gasteiger partial charge in [-0.3, -0.25) is 0 Å². The van der Waals surface area contributed by atoms with E-state index in [1.54, 1.807) is 0 Å². The first-order chi connectivity index (χ1) is 8.29. The average molecular weight is 252 g/mol. The van der Waals surface area contributed by atoms with Gasteiger partial charge in [0.15, 0.2) is 0 Å². The number of nitrogens with two attached hydrogens (primary N) is 1. The van der Waals surface area contributed by atoms with Crippen LogP contribution in [0.1, 0.15) is 13.3 Å². The summed E-state index contributed by atoms with van der Waals surface area (Å²) in [5, 5.41) is 0. The monoisotopic (exact) mass is 252 g/mol. The predicted molar refractivity (Wildman–Crippen MR) is 76.2 cm³/mol.